The molecule has 0 aliphatic heterocycles. The van der Waals surface area contributed by atoms with Crippen LogP contribution in [0.3, 0.4) is 0 Å². The van der Waals surface area contributed by atoms with Gasteiger partial charge in [0.05, 0.1) is 0 Å². The minimum absolute atomic E-state index is 0.0519. The van der Waals surface area contributed by atoms with Crippen molar-refractivity contribution in [2.24, 2.45) is 0 Å². The zero-order valence-corrected chi connectivity index (χ0v) is 23.2. The van der Waals surface area contributed by atoms with Gasteiger partial charge in [-0.25, -0.2) is 9.78 Å². The van der Waals surface area contributed by atoms with Crippen LogP contribution in [0.5, 0.6) is 0 Å². The van der Waals surface area contributed by atoms with E-state index in [1.165, 1.54) is 0 Å². The van der Waals surface area contributed by atoms with Gasteiger partial charge in [-0.1, -0.05) is 12.8 Å². The first-order chi connectivity index (χ1) is 18.5. The van der Waals surface area contributed by atoms with Crippen LogP contribution >= 0.6 is 0 Å². The predicted molar refractivity (Wildman–Crippen MR) is 149 cm³/mol. The maximum absolute atomic E-state index is 12.9. The molecule has 0 spiro atoms. The maximum Gasteiger partial charge on any atom is 0.407 e. The lowest BCUT2D eigenvalue weighted by atomic mass is 10.2. The summed E-state index contributed by atoms with van der Waals surface area (Å²) in [4.78, 5) is 47.9. The third-order valence-corrected chi connectivity index (χ3v) is 6.37. The summed E-state index contributed by atoms with van der Waals surface area (Å²) in [7, 11) is 3.51. The third kappa shape index (κ3) is 7.04. The number of carbonyl (C=O) groups is 3. The van der Waals surface area contributed by atoms with Gasteiger partial charge in [-0.2, -0.15) is 4.98 Å². The zero-order chi connectivity index (χ0) is 28.2. The van der Waals surface area contributed by atoms with Crippen LogP contribution in [0.4, 0.5) is 16.4 Å². The third-order valence-electron chi connectivity index (χ3n) is 6.37. The lowest BCUT2D eigenvalue weighted by molar-refractivity contribution is 0.0526. The molecule has 0 bridgehead atoms. The van der Waals surface area contributed by atoms with E-state index in [-0.39, 0.29) is 30.9 Å². The van der Waals surface area contributed by atoms with Crippen LogP contribution < -0.4 is 16.0 Å². The number of hydrogen-bond acceptors (Lipinski definition) is 7. The molecular weight excluding hydrogens is 498 g/mol. The van der Waals surface area contributed by atoms with Crippen LogP contribution in [0.25, 0.3) is 11.0 Å². The average molecular weight is 536 g/mol. The van der Waals surface area contributed by atoms with Crippen molar-refractivity contribution in [2.45, 2.75) is 58.1 Å². The van der Waals surface area contributed by atoms with Gasteiger partial charge >= 0.3 is 6.09 Å². The minimum atomic E-state index is -0.575. The monoisotopic (exact) mass is 535 g/mol. The highest BCUT2D eigenvalue weighted by Crippen LogP contribution is 2.35. The Morgan fingerprint density at radius 2 is 1.72 bits per heavy atom. The summed E-state index contributed by atoms with van der Waals surface area (Å²) in [5.41, 5.74) is 2.00. The normalized spacial score (nSPS) is 13.8. The molecule has 2 heterocycles. The summed E-state index contributed by atoms with van der Waals surface area (Å²) in [6.07, 6.45) is 5.52. The topological polar surface area (TPSA) is 130 Å². The number of amides is 3. The molecular formula is C28H37N7O4. The Morgan fingerprint density at radius 3 is 2.36 bits per heavy atom. The first-order valence-corrected chi connectivity index (χ1v) is 13.2. The molecule has 1 saturated carbocycles. The van der Waals surface area contributed by atoms with E-state index in [4.69, 9.17) is 9.72 Å². The predicted octanol–water partition coefficient (Wildman–Crippen LogP) is 4.25. The first kappa shape index (κ1) is 27.9. The van der Waals surface area contributed by atoms with Crippen LogP contribution in [0.15, 0.2) is 36.5 Å². The molecule has 1 aromatic carbocycles. The van der Waals surface area contributed by atoms with E-state index in [1.54, 1.807) is 70.2 Å². The number of carbonyl (C=O) groups excluding carboxylic acids is 3. The number of aromatic nitrogens is 3. The Bertz CT molecular complexity index is 1340. The van der Waals surface area contributed by atoms with E-state index in [0.29, 0.717) is 17.2 Å². The largest absolute Gasteiger partial charge is 0.444 e. The zero-order valence-electron chi connectivity index (χ0n) is 23.2. The van der Waals surface area contributed by atoms with E-state index in [2.05, 4.69) is 25.5 Å². The van der Waals surface area contributed by atoms with E-state index < -0.39 is 11.7 Å². The molecule has 1 aliphatic rings. The number of benzene rings is 1. The van der Waals surface area contributed by atoms with E-state index in [1.807, 2.05) is 6.07 Å². The number of anilines is 2. The molecule has 11 nitrogen and oxygen atoms in total. The van der Waals surface area contributed by atoms with Crippen molar-refractivity contribution in [3.05, 3.63) is 47.8 Å². The highest BCUT2D eigenvalue weighted by atomic mass is 16.6. The molecule has 11 heteroatoms. The second-order valence-electron chi connectivity index (χ2n) is 10.9. The molecule has 0 unspecified atom stereocenters. The van der Waals surface area contributed by atoms with Gasteiger partial charge in [-0.15, -0.1) is 0 Å². The van der Waals surface area contributed by atoms with Crippen molar-refractivity contribution in [1.82, 2.24) is 30.1 Å². The van der Waals surface area contributed by atoms with Gasteiger partial charge in [-0.05, 0) is 63.9 Å². The fourth-order valence-corrected chi connectivity index (χ4v) is 4.58. The van der Waals surface area contributed by atoms with E-state index >= 15 is 0 Å². The van der Waals surface area contributed by atoms with E-state index in [0.717, 1.165) is 42.4 Å². The molecule has 1 aliphatic carbocycles. The molecule has 39 heavy (non-hydrogen) atoms. The van der Waals surface area contributed by atoms with Gasteiger partial charge in [0.2, 0.25) is 5.95 Å². The fraction of sp³-hybridized carbons (Fsp3) is 0.464. The van der Waals surface area contributed by atoms with Crippen LogP contribution in [0.2, 0.25) is 0 Å². The van der Waals surface area contributed by atoms with Crippen molar-refractivity contribution in [3.63, 3.8) is 0 Å². The Labute approximate surface area is 228 Å². The number of ether oxygens (including phenoxy) is 1. The highest BCUT2D eigenvalue weighted by molar-refractivity contribution is 5.98. The number of alkyl carbamates (subject to hydrolysis) is 1. The van der Waals surface area contributed by atoms with Crippen molar-refractivity contribution < 1.29 is 19.1 Å². The molecule has 3 aromatic rings. The molecule has 0 saturated heterocycles. The number of nitrogens with zero attached hydrogens (tertiary/aromatic N) is 4. The molecule has 2 aromatic heterocycles. The molecule has 3 amide bonds. The standard InChI is InChI=1S/C28H37N7O4/c1-28(2,3)39-27(38)30-15-14-29-24(36)18-10-12-20(13-11-18)32-26-31-17-19-16-22(25(37)34(4)5)35(23(19)33-26)21-8-6-7-9-21/h10-13,16-17,21H,6-9,14-15H2,1-5H3,(H,29,36)(H,30,38)(H,31,32,33). The van der Waals surface area contributed by atoms with Gasteiger partial charge in [0.1, 0.15) is 16.9 Å². The van der Waals surface area contributed by atoms with Gasteiger partial charge in [0.15, 0.2) is 0 Å². The number of rotatable bonds is 8. The van der Waals surface area contributed by atoms with Crippen molar-refractivity contribution in [1.29, 1.82) is 0 Å². The Balaban J connectivity index is 1.40. The summed E-state index contributed by atoms with van der Waals surface area (Å²) < 4.78 is 7.24. The van der Waals surface area contributed by atoms with Crippen LogP contribution in [0, 0.1) is 0 Å². The SMILES string of the molecule is CN(C)C(=O)c1cc2cnc(Nc3ccc(C(=O)NCCNC(=O)OC(C)(C)C)cc3)nc2n1C1CCCC1. The Kier molecular flexibility index (Phi) is 8.37. The highest BCUT2D eigenvalue weighted by Gasteiger charge is 2.26. The molecule has 4 rings (SSSR count). The molecule has 0 radical (unpaired) electrons. The second kappa shape index (κ2) is 11.7. The lowest BCUT2D eigenvalue weighted by Gasteiger charge is -2.19. The van der Waals surface area contributed by atoms with Crippen molar-refractivity contribution in [3.8, 4) is 0 Å². The lowest BCUT2D eigenvalue weighted by Crippen LogP contribution is -2.37. The molecule has 1 fully saturated rings. The summed E-state index contributed by atoms with van der Waals surface area (Å²) >= 11 is 0. The van der Waals surface area contributed by atoms with Crippen LogP contribution in [0.1, 0.15) is 73.3 Å². The number of nitrogens with one attached hydrogen (secondary N) is 3. The number of hydrogen-bond donors (Lipinski definition) is 3. The Morgan fingerprint density at radius 1 is 1.05 bits per heavy atom. The van der Waals surface area contributed by atoms with Crippen molar-refractivity contribution in [2.75, 3.05) is 32.5 Å². The summed E-state index contributed by atoms with van der Waals surface area (Å²) in [5, 5.41) is 9.40. The summed E-state index contributed by atoms with van der Waals surface area (Å²) in [6, 6.07) is 9.06. The molecule has 3 N–H and O–H groups in total. The smallest absolute Gasteiger partial charge is 0.407 e. The van der Waals surface area contributed by atoms with Gasteiger partial charge in [0, 0.05) is 56.1 Å². The van der Waals surface area contributed by atoms with Gasteiger partial charge in [0.25, 0.3) is 11.8 Å². The van der Waals surface area contributed by atoms with Crippen LogP contribution in [-0.4, -0.2) is 70.1 Å². The first-order valence-electron chi connectivity index (χ1n) is 13.2. The van der Waals surface area contributed by atoms with Crippen LogP contribution in [-0.2, 0) is 4.74 Å². The molecule has 0 atom stereocenters. The van der Waals surface area contributed by atoms with Gasteiger partial charge in [-0.3, -0.25) is 9.59 Å². The van der Waals surface area contributed by atoms with Gasteiger partial charge < -0.3 is 30.2 Å². The van der Waals surface area contributed by atoms with Crippen molar-refractivity contribution >= 4 is 40.6 Å². The minimum Gasteiger partial charge on any atom is -0.444 e. The maximum atomic E-state index is 12.9. The van der Waals surface area contributed by atoms with E-state index in [9.17, 15) is 14.4 Å². The second-order valence-corrected chi connectivity index (χ2v) is 10.9. The Hall–Kier alpha value is -4.15. The quantitative estimate of drug-likeness (QED) is 0.368. The average Bonchev–Trinajstić information content (AvgIpc) is 3.53. The summed E-state index contributed by atoms with van der Waals surface area (Å²) in [6.45, 7) is 5.89. The summed E-state index contributed by atoms with van der Waals surface area (Å²) in [5.74, 6) is 0.107. The fourth-order valence-electron chi connectivity index (χ4n) is 4.58. The molecule has 208 valence electrons. The number of fused-ring (bicyclic) bond motifs is 1.